The SMILES string of the molecule is C=CC(=O)OC1CCCC(N(CCC)C(=O)C(CCOCC)N2C(=O)c3cc(Oc4ccc(C)cc4C)c4c5c(Oc6ccc(C)cc6C)cc6c7c(cc(Oc8ccc(C)cc8C)c(c8c(Oc9ccc(C)cc9C)cc(c3c48)C2=O)c75)C(=O)N(C(CCOCC)C(=O)N(CCC)C2CCCC(OC(=O)C=C)C2)C6=O)C1. The molecular formula is C92H100N4O16. The van der Waals surface area contributed by atoms with Crippen molar-refractivity contribution >= 4 is 90.5 Å². The van der Waals surface area contributed by atoms with Gasteiger partial charge < -0.3 is 47.7 Å². The number of carbonyl (C=O) groups excluding carboxylic acids is 8. The van der Waals surface area contributed by atoms with E-state index in [9.17, 15) is 9.59 Å². The van der Waals surface area contributed by atoms with E-state index in [-0.39, 0.29) is 141 Å². The van der Waals surface area contributed by atoms with Gasteiger partial charge in [-0.15, -0.1) is 0 Å². The number of hydrogen-bond acceptors (Lipinski definition) is 16. The Kier molecular flexibility index (Phi) is 23.7. The lowest BCUT2D eigenvalue weighted by molar-refractivity contribution is -0.149. The molecule has 9 aromatic carbocycles. The average Bonchev–Trinajstić information content (AvgIpc) is 0.670. The van der Waals surface area contributed by atoms with Crippen molar-refractivity contribution in [2.75, 3.05) is 39.5 Å². The molecule has 6 atom stereocenters. The first kappa shape index (κ1) is 79.1. The lowest BCUT2D eigenvalue weighted by atomic mass is 9.80. The highest BCUT2D eigenvalue weighted by molar-refractivity contribution is 6.45. The molecule has 0 N–H and O–H groups in total. The van der Waals surface area contributed by atoms with Crippen LogP contribution in [0.15, 0.2) is 122 Å². The molecule has 9 aromatic rings. The first-order valence-electron chi connectivity index (χ1n) is 39.5. The lowest BCUT2D eigenvalue weighted by Gasteiger charge is -2.41. The third-order valence-corrected chi connectivity index (χ3v) is 22.3. The molecule has 0 aromatic heterocycles. The molecule has 0 radical (unpaired) electrons. The van der Waals surface area contributed by atoms with E-state index < -0.39 is 83.8 Å². The maximum atomic E-state index is 16.8. The largest absolute Gasteiger partial charge is 0.459 e. The number of esters is 2. The van der Waals surface area contributed by atoms with Crippen LogP contribution in [-0.4, -0.2) is 143 Å². The molecule has 0 spiro atoms. The molecule has 2 aliphatic heterocycles. The van der Waals surface area contributed by atoms with Gasteiger partial charge in [0.1, 0.15) is 70.3 Å². The Labute approximate surface area is 654 Å². The fourth-order valence-electron chi connectivity index (χ4n) is 17.2. The Balaban J connectivity index is 1.16. The van der Waals surface area contributed by atoms with E-state index in [2.05, 4.69) is 13.2 Å². The summed E-state index contributed by atoms with van der Waals surface area (Å²) in [5.41, 5.74) is 6.68. The molecule has 6 unspecified atom stereocenters. The Hall–Kier alpha value is -11.0. The van der Waals surface area contributed by atoms with E-state index in [0.29, 0.717) is 87.2 Å². The van der Waals surface area contributed by atoms with Crippen molar-refractivity contribution in [1.82, 2.24) is 19.6 Å². The topological polar surface area (TPSA) is 223 Å². The summed E-state index contributed by atoms with van der Waals surface area (Å²) in [4.78, 5) is 131. The zero-order valence-electron chi connectivity index (χ0n) is 66.3. The highest BCUT2D eigenvalue weighted by Gasteiger charge is 2.49. The smallest absolute Gasteiger partial charge is 0.330 e. The predicted molar refractivity (Wildman–Crippen MR) is 431 cm³/mol. The number of aryl methyl sites for hydroxylation is 8. The van der Waals surface area contributed by atoms with Crippen LogP contribution in [0.1, 0.15) is 191 Å². The first-order chi connectivity index (χ1) is 53.9. The molecular weight excluding hydrogens is 1420 g/mol. The Morgan fingerprint density at radius 2 is 0.705 bits per heavy atom. The molecule has 4 aliphatic rings. The second-order valence-corrected chi connectivity index (χ2v) is 30.4. The summed E-state index contributed by atoms with van der Waals surface area (Å²) in [5, 5.41) is 2.09. The molecule has 2 aliphatic carbocycles. The minimum Gasteiger partial charge on any atom is -0.459 e. The van der Waals surface area contributed by atoms with Crippen LogP contribution >= 0.6 is 0 Å². The van der Waals surface area contributed by atoms with E-state index in [0.717, 1.165) is 66.5 Å². The van der Waals surface area contributed by atoms with Gasteiger partial charge in [-0.05, 0) is 191 Å². The maximum absolute atomic E-state index is 16.8. The van der Waals surface area contributed by atoms with Gasteiger partial charge in [0.05, 0.1) is 22.3 Å². The van der Waals surface area contributed by atoms with Gasteiger partial charge in [0.2, 0.25) is 11.8 Å². The van der Waals surface area contributed by atoms with Crippen LogP contribution in [0.4, 0.5) is 0 Å². The Morgan fingerprint density at radius 1 is 0.411 bits per heavy atom. The standard InChI is InChI=1S/C92H100N4O16/c1-15-37-93(59-23-21-25-61(45-59)107-77(97)17-3)91(103)67(35-39-105-19-5)95-87(99)63-47-73(109-69-31-27-51(7)41-55(69)11)81-83-75(111-71-33-29-53(9)43-57(71)13)49-65-80-66(90(102)96(89(65)101)68(36-40-106-20-6)92(104)94(38-16-2)60-24-22-26-62(46-60)108-78(98)18-4)50-76(112-72-34-30-54(10)44-58(72)14)84(86(80)83)82-74(48-64(88(95)100)79(63)85(81)82)110-70-32-28-52(8)42-56(70)12/h17-18,27-34,41-44,47-50,59-62,67-68H,3-4,15-16,19-26,35-40,45-46H2,1-2,5-14H3. The Morgan fingerprint density at radius 3 is 0.964 bits per heavy atom. The van der Waals surface area contributed by atoms with E-state index in [1.807, 2.05) is 156 Å². The number of carbonyl (C=O) groups is 8. The van der Waals surface area contributed by atoms with Crippen molar-refractivity contribution in [3.8, 4) is 46.0 Å². The minimum absolute atomic E-state index is 0.00268. The second-order valence-electron chi connectivity index (χ2n) is 30.4. The summed E-state index contributed by atoms with van der Waals surface area (Å²) in [5.74, 6) is -3.37. The van der Waals surface area contributed by atoms with Crippen LogP contribution in [-0.2, 0) is 38.1 Å². The molecule has 0 bridgehead atoms. The van der Waals surface area contributed by atoms with Gasteiger partial charge >= 0.3 is 11.9 Å². The zero-order chi connectivity index (χ0) is 79.7. The van der Waals surface area contributed by atoms with Crippen molar-refractivity contribution in [3.63, 3.8) is 0 Å². The molecule has 112 heavy (non-hydrogen) atoms. The number of fused-ring (bicyclic) bond motifs is 2. The van der Waals surface area contributed by atoms with Gasteiger partial charge in [-0.25, -0.2) is 9.59 Å². The van der Waals surface area contributed by atoms with Crippen LogP contribution in [0.25, 0.3) is 43.1 Å². The average molecular weight is 1520 g/mol. The number of benzene rings is 9. The fraction of sp³-hybridized carbons (Fsp3) is 0.391. The summed E-state index contributed by atoms with van der Waals surface area (Å²) in [6.07, 6.45) is 6.35. The lowest BCUT2D eigenvalue weighted by Crippen LogP contribution is -2.57. The van der Waals surface area contributed by atoms with Gasteiger partial charge in [0, 0.05) is 133 Å². The highest BCUT2D eigenvalue weighted by atomic mass is 16.5. The third kappa shape index (κ3) is 15.3. The van der Waals surface area contributed by atoms with Gasteiger partial charge in [-0.2, -0.15) is 0 Å². The first-order valence-corrected chi connectivity index (χ1v) is 39.5. The van der Waals surface area contributed by atoms with Gasteiger partial charge in [0.25, 0.3) is 23.6 Å². The van der Waals surface area contributed by atoms with E-state index in [4.69, 9.17) is 37.9 Å². The number of ether oxygens (including phenoxy) is 8. The van der Waals surface area contributed by atoms with Gasteiger partial charge in [0.15, 0.2) is 0 Å². The number of nitrogens with zero attached hydrogens (tertiary/aromatic N) is 4. The molecule has 2 fully saturated rings. The van der Waals surface area contributed by atoms with E-state index in [1.54, 1.807) is 34.1 Å². The monoisotopic (exact) mass is 1520 g/mol. The molecule has 20 heteroatoms. The predicted octanol–water partition coefficient (Wildman–Crippen LogP) is 18.7. The number of imide groups is 2. The number of amides is 6. The van der Waals surface area contributed by atoms with Crippen LogP contribution < -0.4 is 18.9 Å². The molecule has 6 amide bonds. The summed E-state index contributed by atoms with van der Waals surface area (Å²) in [6.45, 7) is 31.4. The van der Waals surface area contributed by atoms with Gasteiger partial charge in [-0.3, -0.25) is 38.6 Å². The second kappa shape index (κ2) is 33.5. The minimum atomic E-state index is -1.43. The van der Waals surface area contributed by atoms with Crippen LogP contribution in [0, 0.1) is 55.4 Å². The maximum Gasteiger partial charge on any atom is 0.330 e. The summed E-state index contributed by atoms with van der Waals surface area (Å²) < 4.78 is 53.5. The van der Waals surface area contributed by atoms with Crippen molar-refractivity contribution in [3.05, 3.63) is 189 Å². The van der Waals surface area contributed by atoms with E-state index >= 15 is 28.8 Å². The quantitative estimate of drug-likeness (QED) is 0.0102. The van der Waals surface area contributed by atoms with Gasteiger partial charge in [-0.1, -0.05) is 97.8 Å². The van der Waals surface area contributed by atoms with Crippen LogP contribution in [0.5, 0.6) is 46.0 Å². The third-order valence-electron chi connectivity index (χ3n) is 22.3. The normalized spacial score (nSPS) is 17.4. The van der Waals surface area contributed by atoms with Crippen molar-refractivity contribution in [2.24, 2.45) is 0 Å². The van der Waals surface area contributed by atoms with Crippen LogP contribution in [0.3, 0.4) is 0 Å². The van der Waals surface area contributed by atoms with Crippen molar-refractivity contribution in [2.45, 2.75) is 197 Å². The fourth-order valence-corrected chi connectivity index (χ4v) is 17.2. The number of hydrogen-bond donors (Lipinski definition) is 0. The highest BCUT2D eigenvalue weighted by Crippen LogP contribution is 2.59. The Bertz CT molecular complexity index is 4710. The molecule has 13 rings (SSSR count). The van der Waals surface area contributed by atoms with Crippen molar-refractivity contribution in [1.29, 1.82) is 0 Å². The molecule has 0 saturated heterocycles. The molecule has 2 saturated carbocycles. The van der Waals surface area contributed by atoms with E-state index in [1.165, 1.54) is 0 Å². The number of rotatable bonds is 30. The zero-order valence-corrected chi connectivity index (χ0v) is 66.3. The summed E-state index contributed by atoms with van der Waals surface area (Å²) in [6, 6.07) is 25.6. The molecule has 584 valence electrons. The molecule has 2 heterocycles. The summed E-state index contributed by atoms with van der Waals surface area (Å²) >= 11 is 0. The van der Waals surface area contributed by atoms with Crippen molar-refractivity contribution < 1.29 is 76.3 Å². The van der Waals surface area contributed by atoms with Crippen LogP contribution in [0.2, 0.25) is 0 Å². The summed E-state index contributed by atoms with van der Waals surface area (Å²) in [7, 11) is 0. The molecule has 20 nitrogen and oxygen atoms in total.